The number of thioether (sulfide) groups is 1. The molecule has 5 nitrogen and oxygen atoms in total. The van der Waals surface area contributed by atoms with E-state index in [0.29, 0.717) is 18.0 Å². The molecule has 3 aromatic rings. The molecule has 1 aromatic heterocycles. The molecule has 0 spiro atoms. The number of allylic oxidation sites excluding steroid dienone is 3. The highest BCUT2D eigenvalue weighted by Crippen LogP contribution is 2.46. The minimum absolute atomic E-state index is 0.0880. The number of aldehydes is 1. The molecule has 0 aliphatic carbocycles. The SMILES string of the molecule is C/C=C\CC.O=CC/C=C/N1C(=O)C(CC(=O)NCCc2ccc(Cl)cc2)SC1c1ccc(C#Cc2ccccc2)s1. The van der Waals surface area contributed by atoms with E-state index in [1.807, 2.05) is 73.7 Å². The first-order valence-corrected chi connectivity index (χ1v) is 16.0. The van der Waals surface area contributed by atoms with Crippen LogP contribution in [0.3, 0.4) is 0 Å². The predicted molar refractivity (Wildman–Crippen MR) is 175 cm³/mol. The fourth-order valence-corrected chi connectivity index (χ4v) is 6.56. The van der Waals surface area contributed by atoms with Gasteiger partial charge in [0.25, 0.3) is 0 Å². The Morgan fingerprint density at radius 1 is 1.05 bits per heavy atom. The minimum atomic E-state index is -0.512. The Morgan fingerprint density at radius 2 is 1.81 bits per heavy atom. The maximum atomic E-state index is 13.2. The van der Waals surface area contributed by atoms with Crippen LogP contribution in [0.2, 0.25) is 5.02 Å². The fourth-order valence-electron chi connectivity index (χ4n) is 3.96. The second kappa shape index (κ2) is 18.1. The Balaban J connectivity index is 0.000000892. The van der Waals surface area contributed by atoms with Crippen LogP contribution >= 0.6 is 34.7 Å². The van der Waals surface area contributed by atoms with Gasteiger partial charge < -0.3 is 15.0 Å². The number of carbonyl (C=O) groups excluding carboxylic acids is 3. The van der Waals surface area contributed by atoms with Crippen molar-refractivity contribution < 1.29 is 14.4 Å². The molecule has 1 fully saturated rings. The molecule has 2 aromatic carbocycles. The molecule has 0 radical (unpaired) electrons. The second-order valence-corrected chi connectivity index (χ2v) is 12.1. The van der Waals surface area contributed by atoms with E-state index in [1.165, 1.54) is 23.1 Å². The lowest BCUT2D eigenvalue weighted by atomic mass is 10.1. The lowest BCUT2D eigenvalue weighted by molar-refractivity contribution is -0.130. The van der Waals surface area contributed by atoms with Gasteiger partial charge in [0.2, 0.25) is 11.8 Å². The number of amides is 2. The van der Waals surface area contributed by atoms with Crippen molar-refractivity contribution in [3.63, 3.8) is 0 Å². The molecule has 1 aliphatic heterocycles. The van der Waals surface area contributed by atoms with Crippen molar-refractivity contribution in [2.24, 2.45) is 0 Å². The Kier molecular flexibility index (Phi) is 14.2. The second-order valence-electron chi connectivity index (χ2n) is 9.24. The summed E-state index contributed by atoms with van der Waals surface area (Å²) in [5.74, 6) is 6.03. The molecular weight excluding hydrogens is 584 g/mol. The van der Waals surface area contributed by atoms with Crippen molar-refractivity contribution in [3.8, 4) is 11.8 Å². The first-order valence-electron chi connectivity index (χ1n) is 13.8. The van der Waals surface area contributed by atoms with E-state index in [2.05, 4.69) is 36.2 Å². The van der Waals surface area contributed by atoms with Crippen molar-refractivity contribution in [1.29, 1.82) is 0 Å². The molecular formula is C34H35ClN2O3S2. The molecule has 2 heterocycles. The summed E-state index contributed by atoms with van der Waals surface area (Å²) in [7, 11) is 0. The predicted octanol–water partition coefficient (Wildman–Crippen LogP) is 7.57. The molecule has 0 bridgehead atoms. The summed E-state index contributed by atoms with van der Waals surface area (Å²) in [6, 6.07) is 21.2. The van der Waals surface area contributed by atoms with Crippen molar-refractivity contribution in [1.82, 2.24) is 10.2 Å². The maximum Gasteiger partial charge on any atom is 0.241 e. The van der Waals surface area contributed by atoms with Gasteiger partial charge in [0.05, 0.1) is 10.1 Å². The van der Waals surface area contributed by atoms with Gasteiger partial charge in [-0.25, -0.2) is 0 Å². The zero-order valence-corrected chi connectivity index (χ0v) is 26.2. The Morgan fingerprint density at radius 3 is 2.48 bits per heavy atom. The summed E-state index contributed by atoms with van der Waals surface area (Å²) < 4.78 is 0. The summed E-state index contributed by atoms with van der Waals surface area (Å²) in [6.45, 7) is 4.64. The highest BCUT2D eigenvalue weighted by atomic mass is 35.5. The highest BCUT2D eigenvalue weighted by molar-refractivity contribution is 8.01. The number of benzene rings is 2. The average Bonchev–Trinajstić information content (AvgIpc) is 3.59. The maximum absolute atomic E-state index is 13.2. The summed E-state index contributed by atoms with van der Waals surface area (Å²) in [5.41, 5.74) is 2.01. The molecule has 1 N–H and O–H groups in total. The molecule has 4 rings (SSSR count). The van der Waals surface area contributed by atoms with Crippen molar-refractivity contribution in [3.05, 3.63) is 117 Å². The number of nitrogens with one attached hydrogen (secondary N) is 1. The molecule has 2 unspecified atom stereocenters. The van der Waals surface area contributed by atoms with Gasteiger partial charge in [0, 0.05) is 41.0 Å². The number of hydrogen-bond acceptors (Lipinski definition) is 5. The summed E-state index contributed by atoms with van der Waals surface area (Å²) in [6.07, 6.45) is 10.4. The standard InChI is InChI=1S/C29H25ClN2O3S2.C5H10/c30-23-11-8-22(9-12-23)16-17-31-27(34)20-26-28(35)32(18-4-5-19-33)29(37-26)25-15-14-24(36-25)13-10-21-6-2-1-3-7-21;1-3-5-4-2/h1-4,6-9,11-12,14-15,18-19,26,29H,5,16-17,20H2,(H,31,34);3,5H,4H2,1-2H3/b18-4+;5-3-. The molecule has 2 amide bonds. The molecule has 1 aliphatic rings. The van der Waals surface area contributed by atoms with Crippen LogP contribution in [0.15, 0.2) is 91.2 Å². The molecule has 42 heavy (non-hydrogen) atoms. The van der Waals surface area contributed by atoms with Crippen LogP contribution in [-0.2, 0) is 20.8 Å². The van der Waals surface area contributed by atoms with Crippen LogP contribution in [0.1, 0.15) is 59.4 Å². The van der Waals surface area contributed by atoms with Crippen LogP contribution in [0.4, 0.5) is 0 Å². The molecule has 218 valence electrons. The normalized spacial score (nSPS) is 16.2. The zero-order valence-electron chi connectivity index (χ0n) is 23.8. The van der Waals surface area contributed by atoms with E-state index in [1.54, 1.807) is 17.2 Å². The van der Waals surface area contributed by atoms with E-state index in [-0.39, 0.29) is 30.0 Å². The zero-order chi connectivity index (χ0) is 30.2. The average molecular weight is 619 g/mol. The quantitative estimate of drug-likeness (QED) is 0.145. The van der Waals surface area contributed by atoms with Gasteiger partial charge in [0.1, 0.15) is 11.7 Å². The van der Waals surface area contributed by atoms with Crippen molar-refractivity contribution in [2.45, 2.75) is 50.2 Å². The van der Waals surface area contributed by atoms with Crippen LogP contribution in [0, 0.1) is 11.8 Å². The molecule has 8 heteroatoms. The van der Waals surface area contributed by atoms with Gasteiger partial charge in [-0.15, -0.1) is 23.1 Å². The number of nitrogens with zero attached hydrogens (tertiary/aromatic N) is 1. The minimum Gasteiger partial charge on any atom is -0.356 e. The van der Waals surface area contributed by atoms with Crippen molar-refractivity contribution >= 4 is 52.8 Å². The van der Waals surface area contributed by atoms with E-state index in [9.17, 15) is 14.4 Å². The van der Waals surface area contributed by atoms with E-state index >= 15 is 0 Å². The fraction of sp³-hybridized carbons (Fsp3) is 0.265. The third kappa shape index (κ3) is 10.7. The highest BCUT2D eigenvalue weighted by Gasteiger charge is 2.41. The summed E-state index contributed by atoms with van der Waals surface area (Å²) in [4.78, 5) is 40.1. The number of halogens is 1. The first-order chi connectivity index (χ1) is 20.4. The van der Waals surface area contributed by atoms with Crippen LogP contribution in [0.25, 0.3) is 0 Å². The third-order valence-corrected chi connectivity index (χ3v) is 8.93. The monoisotopic (exact) mass is 618 g/mol. The van der Waals surface area contributed by atoms with E-state index < -0.39 is 5.25 Å². The van der Waals surface area contributed by atoms with Gasteiger partial charge >= 0.3 is 0 Å². The number of carbonyl (C=O) groups is 3. The van der Waals surface area contributed by atoms with Crippen LogP contribution in [-0.4, -0.2) is 34.8 Å². The molecule has 1 saturated heterocycles. The number of hydrogen-bond donors (Lipinski definition) is 1. The third-order valence-electron chi connectivity index (χ3n) is 6.04. The van der Waals surface area contributed by atoms with E-state index in [4.69, 9.17) is 11.6 Å². The number of thiophene rings is 1. The topological polar surface area (TPSA) is 66.5 Å². The lowest BCUT2D eigenvalue weighted by Crippen LogP contribution is -2.32. The van der Waals surface area contributed by atoms with Gasteiger partial charge in [-0.1, -0.05) is 78.9 Å². The largest absolute Gasteiger partial charge is 0.356 e. The van der Waals surface area contributed by atoms with Gasteiger partial charge in [-0.2, -0.15) is 0 Å². The summed E-state index contributed by atoms with van der Waals surface area (Å²) in [5, 5.41) is 2.80. The smallest absolute Gasteiger partial charge is 0.241 e. The molecule has 0 saturated carbocycles. The lowest BCUT2D eigenvalue weighted by Gasteiger charge is -2.18. The van der Waals surface area contributed by atoms with Crippen molar-refractivity contribution in [2.75, 3.05) is 6.54 Å². The Bertz CT molecular complexity index is 1420. The Labute approximate surface area is 262 Å². The first kappa shape index (κ1) is 32.9. The van der Waals surface area contributed by atoms with Crippen LogP contribution in [0.5, 0.6) is 0 Å². The van der Waals surface area contributed by atoms with Gasteiger partial charge in [0.15, 0.2) is 0 Å². The van der Waals surface area contributed by atoms with Gasteiger partial charge in [-0.3, -0.25) is 9.59 Å². The van der Waals surface area contributed by atoms with Gasteiger partial charge in [-0.05, 0) is 61.7 Å². The van der Waals surface area contributed by atoms with E-state index in [0.717, 1.165) is 33.6 Å². The molecule has 2 atom stereocenters. The summed E-state index contributed by atoms with van der Waals surface area (Å²) >= 11 is 8.89. The van der Waals surface area contributed by atoms with Crippen LogP contribution < -0.4 is 5.32 Å². The number of rotatable bonds is 10. The Hall–Kier alpha value is -3.57.